The molecule has 1 atom stereocenters. The molecule has 1 aromatic rings. The average Bonchev–Trinajstić information content (AvgIpc) is 2.16. The molecule has 2 heteroatoms. The maximum Gasteiger partial charge on any atom is 0.00796 e. The van der Waals surface area contributed by atoms with Crippen LogP contribution in [0.25, 0.3) is 0 Å². The van der Waals surface area contributed by atoms with Gasteiger partial charge in [-0.25, -0.2) is 0 Å². The molecule has 0 spiro atoms. The van der Waals surface area contributed by atoms with Crippen molar-refractivity contribution in [2.75, 3.05) is 13.1 Å². The molecule has 0 saturated heterocycles. The van der Waals surface area contributed by atoms with Gasteiger partial charge in [-0.15, -0.1) is 0 Å². The van der Waals surface area contributed by atoms with Gasteiger partial charge in [0.2, 0.25) is 0 Å². The van der Waals surface area contributed by atoms with E-state index in [1.165, 1.54) is 5.56 Å². The Morgan fingerprint density at radius 1 is 1.31 bits per heavy atom. The maximum atomic E-state index is 5.41. The van der Waals surface area contributed by atoms with E-state index in [4.69, 9.17) is 5.73 Å². The van der Waals surface area contributed by atoms with Crippen molar-refractivity contribution < 1.29 is 0 Å². The van der Waals surface area contributed by atoms with Crippen molar-refractivity contribution in [2.45, 2.75) is 19.4 Å². The van der Waals surface area contributed by atoms with Crippen LogP contribution in [0.15, 0.2) is 30.3 Å². The van der Waals surface area contributed by atoms with Crippen LogP contribution in [-0.2, 0) is 6.42 Å². The molecule has 0 aromatic heterocycles. The summed E-state index contributed by atoms with van der Waals surface area (Å²) in [4.78, 5) is 0. The van der Waals surface area contributed by atoms with Gasteiger partial charge in [0.25, 0.3) is 0 Å². The fourth-order valence-electron chi connectivity index (χ4n) is 1.37. The largest absolute Gasteiger partial charge is 0.329 e. The van der Waals surface area contributed by atoms with E-state index >= 15 is 0 Å². The van der Waals surface area contributed by atoms with Crippen molar-refractivity contribution in [3.63, 3.8) is 0 Å². The van der Waals surface area contributed by atoms with E-state index in [0.717, 1.165) is 13.0 Å². The van der Waals surface area contributed by atoms with Gasteiger partial charge in [-0.1, -0.05) is 30.3 Å². The van der Waals surface area contributed by atoms with Crippen molar-refractivity contribution >= 4 is 0 Å². The minimum atomic E-state index is 0.506. The quantitative estimate of drug-likeness (QED) is 0.710. The molecule has 0 heterocycles. The molecule has 72 valence electrons. The van der Waals surface area contributed by atoms with Crippen LogP contribution in [-0.4, -0.2) is 19.1 Å². The van der Waals surface area contributed by atoms with Gasteiger partial charge in [0, 0.05) is 19.1 Å². The summed E-state index contributed by atoms with van der Waals surface area (Å²) < 4.78 is 0. The standard InChI is InChI=1S/C11H18N2/c1-10(13-8-7-12)9-11-5-3-2-4-6-11/h2-6,10,13H,7-9,12H2,1H3. The van der Waals surface area contributed by atoms with E-state index in [-0.39, 0.29) is 0 Å². The summed E-state index contributed by atoms with van der Waals surface area (Å²) in [5, 5.41) is 3.36. The normalized spacial score (nSPS) is 12.8. The molecule has 13 heavy (non-hydrogen) atoms. The highest BCUT2D eigenvalue weighted by Gasteiger charge is 2.00. The molecule has 1 aromatic carbocycles. The number of nitrogens with one attached hydrogen (secondary N) is 1. The van der Waals surface area contributed by atoms with Gasteiger partial charge in [0.05, 0.1) is 0 Å². The van der Waals surface area contributed by atoms with E-state index in [1.807, 2.05) is 6.07 Å². The molecule has 3 N–H and O–H groups in total. The number of hydrogen-bond acceptors (Lipinski definition) is 2. The van der Waals surface area contributed by atoms with Crippen LogP contribution >= 0.6 is 0 Å². The molecule has 0 saturated carbocycles. The zero-order chi connectivity index (χ0) is 9.52. The lowest BCUT2D eigenvalue weighted by Gasteiger charge is -2.12. The number of hydrogen-bond donors (Lipinski definition) is 2. The Balaban J connectivity index is 2.32. The molecular weight excluding hydrogens is 160 g/mol. The smallest absolute Gasteiger partial charge is 0.00796 e. The first-order chi connectivity index (χ1) is 6.33. The van der Waals surface area contributed by atoms with Crippen molar-refractivity contribution in [3.8, 4) is 0 Å². The van der Waals surface area contributed by atoms with Gasteiger partial charge in [-0.2, -0.15) is 0 Å². The maximum absolute atomic E-state index is 5.41. The minimum Gasteiger partial charge on any atom is -0.329 e. The van der Waals surface area contributed by atoms with Crippen molar-refractivity contribution in [3.05, 3.63) is 35.9 Å². The van der Waals surface area contributed by atoms with Gasteiger partial charge in [-0.05, 0) is 18.9 Å². The molecule has 1 rings (SSSR count). The first-order valence-electron chi connectivity index (χ1n) is 4.80. The highest BCUT2D eigenvalue weighted by molar-refractivity contribution is 5.15. The molecule has 0 radical (unpaired) electrons. The Kier molecular flexibility index (Phi) is 4.50. The summed E-state index contributed by atoms with van der Waals surface area (Å²) in [7, 11) is 0. The molecular formula is C11H18N2. The van der Waals surface area contributed by atoms with Crippen LogP contribution < -0.4 is 11.1 Å². The van der Waals surface area contributed by atoms with E-state index in [9.17, 15) is 0 Å². The van der Waals surface area contributed by atoms with Crippen LogP contribution in [0.2, 0.25) is 0 Å². The average molecular weight is 178 g/mol. The molecule has 0 aliphatic rings. The molecule has 1 unspecified atom stereocenters. The summed E-state index contributed by atoms with van der Waals surface area (Å²) in [6.07, 6.45) is 1.07. The highest BCUT2D eigenvalue weighted by atomic mass is 14.9. The Labute approximate surface area is 80.1 Å². The summed E-state index contributed by atoms with van der Waals surface area (Å²) in [6, 6.07) is 11.0. The third kappa shape index (κ3) is 4.06. The molecule has 2 nitrogen and oxygen atoms in total. The lowest BCUT2D eigenvalue weighted by Crippen LogP contribution is -2.32. The van der Waals surface area contributed by atoms with Crippen LogP contribution in [0, 0.1) is 0 Å². The third-order valence-electron chi connectivity index (χ3n) is 2.02. The highest BCUT2D eigenvalue weighted by Crippen LogP contribution is 2.01. The monoisotopic (exact) mass is 178 g/mol. The van der Waals surface area contributed by atoms with Crippen LogP contribution in [0.4, 0.5) is 0 Å². The van der Waals surface area contributed by atoms with Gasteiger partial charge >= 0.3 is 0 Å². The minimum absolute atomic E-state index is 0.506. The van der Waals surface area contributed by atoms with Crippen molar-refractivity contribution in [2.24, 2.45) is 5.73 Å². The van der Waals surface area contributed by atoms with Crippen LogP contribution in [0.5, 0.6) is 0 Å². The molecule has 0 fully saturated rings. The van der Waals surface area contributed by atoms with Crippen LogP contribution in [0.3, 0.4) is 0 Å². The zero-order valence-corrected chi connectivity index (χ0v) is 8.16. The molecule has 0 bridgehead atoms. The first kappa shape index (κ1) is 10.2. The van der Waals surface area contributed by atoms with E-state index < -0.39 is 0 Å². The Morgan fingerprint density at radius 2 is 2.00 bits per heavy atom. The Morgan fingerprint density at radius 3 is 2.62 bits per heavy atom. The topological polar surface area (TPSA) is 38.0 Å². The van der Waals surface area contributed by atoms with E-state index in [1.54, 1.807) is 0 Å². The summed E-state index contributed by atoms with van der Waals surface area (Å²) in [6.45, 7) is 3.79. The van der Waals surface area contributed by atoms with Crippen molar-refractivity contribution in [1.82, 2.24) is 5.32 Å². The van der Waals surface area contributed by atoms with Gasteiger partial charge in [0.15, 0.2) is 0 Å². The van der Waals surface area contributed by atoms with E-state index in [2.05, 4.69) is 36.5 Å². The van der Waals surface area contributed by atoms with Crippen molar-refractivity contribution in [1.29, 1.82) is 0 Å². The Bertz CT molecular complexity index is 221. The van der Waals surface area contributed by atoms with Gasteiger partial charge in [-0.3, -0.25) is 0 Å². The predicted molar refractivity (Wildman–Crippen MR) is 56.7 cm³/mol. The molecule has 0 aliphatic carbocycles. The predicted octanol–water partition coefficient (Wildman–Crippen LogP) is 1.17. The molecule has 0 aliphatic heterocycles. The lowest BCUT2D eigenvalue weighted by molar-refractivity contribution is 0.553. The second kappa shape index (κ2) is 5.73. The summed E-state index contributed by atoms with van der Waals surface area (Å²) >= 11 is 0. The second-order valence-electron chi connectivity index (χ2n) is 3.33. The first-order valence-corrected chi connectivity index (χ1v) is 4.80. The van der Waals surface area contributed by atoms with E-state index in [0.29, 0.717) is 12.6 Å². The zero-order valence-electron chi connectivity index (χ0n) is 8.16. The van der Waals surface area contributed by atoms with Gasteiger partial charge < -0.3 is 11.1 Å². The third-order valence-corrected chi connectivity index (χ3v) is 2.02. The Hall–Kier alpha value is -0.860. The fraction of sp³-hybridized carbons (Fsp3) is 0.455. The number of rotatable bonds is 5. The van der Waals surface area contributed by atoms with Gasteiger partial charge in [0.1, 0.15) is 0 Å². The number of nitrogens with two attached hydrogens (primary N) is 1. The SMILES string of the molecule is CC(Cc1ccccc1)NCCN. The van der Waals surface area contributed by atoms with Crippen LogP contribution in [0.1, 0.15) is 12.5 Å². The summed E-state index contributed by atoms with van der Waals surface area (Å²) in [5.74, 6) is 0. The number of benzene rings is 1. The summed E-state index contributed by atoms with van der Waals surface area (Å²) in [5.41, 5.74) is 6.78. The fourth-order valence-corrected chi connectivity index (χ4v) is 1.37. The second-order valence-corrected chi connectivity index (χ2v) is 3.33. The lowest BCUT2D eigenvalue weighted by atomic mass is 10.1. The molecule has 0 amide bonds.